The van der Waals surface area contributed by atoms with Gasteiger partial charge in [-0.05, 0) is 37.6 Å². The summed E-state index contributed by atoms with van der Waals surface area (Å²) in [5, 5.41) is 0. The topological polar surface area (TPSA) is 66.8 Å². The Bertz CT molecular complexity index is 510. The van der Waals surface area contributed by atoms with Crippen LogP contribution in [0.2, 0.25) is 0 Å². The Morgan fingerprint density at radius 3 is 2.43 bits per heavy atom. The maximum absolute atomic E-state index is 10.5. The van der Waals surface area contributed by atoms with Gasteiger partial charge < -0.3 is 4.74 Å². The minimum Gasteiger partial charge on any atom is -0.379 e. The third-order valence-corrected chi connectivity index (χ3v) is 4.07. The lowest BCUT2D eigenvalue weighted by atomic mass is 10.2. The molecular formula is C15H25NO4S. The van der Waals surface area contributed by atoms with Gasteiger partial charge in [0, 0.05) is 13.1 Å². The Morgan fingerprint density at radius 2 is 1.95 bits per heavy atom. The highest BCUT2D eigenvalue weighted by Crippen LogP contribution is 2.09. The lowest BCUT2D eigenvalue weighted by Crippen LogP contribution is -2.36. The molecule has 1 saturated heterocycles. The second-order valence-electron chi connectivity index (χ2n) is 5.10. The summed E-state index contributed by atoms with van der Waals surface area (Å²) in [4.78, 5) is 2.42. The summed E-state index contributed by atoms with van der Waals surface area (Å²) in [6.45, 7) is 9.41. The highest BCUT2D eigenvalue weighted by molar-refractivity contribution is 7.85. The van der Waals surface area contributed by atoms with E-state index in [2.05, 4.69) is 11.8 Å². The highest BCUT2D eigenvalue weighted by atomic mass is 32.2. The molecule has 1 fully saturated rings. The zero-order chi connectivity index (χ0) is 15.7. The van der Waals surface area contributed by atoms with Crippen molar-refractivity contribution in [3.63, 3.8) is 0 Å². The summed E-state index contributed by atoms with van der Waals surface area (Å²) in [6, 6.07) is 6.10. The molecule has 0 atom stereocenters. The molecule has 0 spiro atoms. The zero-order valence-corrected chi connectivity index (χ0v) is 13.6. The first-order chi connectivity index (χ1) is 9.93. The maximum Gasteiger partial charge on any atom is 0.294 e. The van der Waals surface area contributed by atoms with Gasteiger partial charge in [-0.15, -0.1) is 0 Å². The predicted octanol–water partition coefficient (Wildman–Crippen LogP) is 2.36. The molecule has 1 aliphatic rings. The first-order valence-electron chi connectivity index (χ1n) is 7.27. The average molecular weight is 315 g/mol. The van der Waals surface area contributed by atoms with Gasteiger partial charge in [-0.3, -0.25) is 9.45 Å². The molecule has 1 N–H and O–H groups in total. The number of hydrogen-bond donors (Lipinski definition) is 1. The number of nitrogens with zero attached hydrogens (tertiary/aromatic N) is 1. The van der Waals surface area contributed by atoms with E-state index in [0.29, 0.717) is 0 Å². The van der Waals surface area contributed by atoms with Crippen molar-refractivity contribution in [2.24, 2.45) is 0 Å². The summed E-state index contributed by atoms with van der Waals surface area (Å²) in [5.41, 5.74) is 0.806. The fraction of sp³-hybridized carbons (Fsp3) is 0.600. The number of rotatable bonds is 4. The smallest absolute Gasteiger partial charge is 0.294 e. The van der Waals surface area contributed by atoms with Crippen LogP contribution in [0.15, 0.2) is 29.2 Å². The monoisotopic (exact) mass is 315 g/mol. The molecule has 0 amide bonds. The number of aryl methyl sites for hydroxylation is 1. The molecule has 1 aliphatic heterocycles. The van der Waals surface area contributed by atoms with E-state index in [9.17, 15) is 8.42 Å². The molecule has 1 heterocycles. The molecule has 6 heteroatoms. The molecule has 5 nitrogen and oxygen atoms in total. The second-order valence-corrected chi connectivity index (χ2v) is 6.52. The summed E-state index contributed by atoms with van der Waals surface area (Å²) in [7, 11) is -4.03. The van der Waals surface area contributed by atoms with Crippen molar-refractivity contribution in [2.45, 2.75) is 31.6 Å². The van der Waals surface area contributed by atoms with E-state index in [0.717, 1.165) is 31.9 Å². The van der Waals surface area contributed by atoms with Crippen LogP contribution in [0, 0.1) is 6.92 Å². The number of hydrogen-bond acceptors (Lipinski definition) is 4. The van der Waals surface area contributed by atoms with E-state index < -0.39 is 10.1 Å². The molecule has 0 radical (unpaired) electrons. The fourth-order valence-corrected chi connectivity index (χ4v) is 2.57. The number of morpholine rings is 1. The van der Waals surface area contributed by atoms with Crippen molar-refractivity contribution in [1.82, 2.24) is 4.90 Å². The maximum atomic E-state index is 10.5. The normalized spacial score (nSPS) is 16.1. The van der Waals surface area contributed by atoms with Gasteiger partial charge >= 0.3 is 0 Å². The van der Waals surface area contributed by atoms with Gasteiger partial charge in [0.25, 0.3) is 10.1 Å². The standard InChI is InChI=1S/C8H17NO.C7H8O3S/c1-2-3-4-9-5-7-10-8-6-9;1-6-3-2-4-7(5-6)11(8,9)10/h2-8H2,1H3;2-5H,1H3,(H,8,9,10). The Balaban J connectivity index is 0.000000211. The molecular weight excluding hydrogens is 290 g/mol. The molecule has 0 saturated carbocycles. The second kappa shape index (κ2) is 9.15. The summed E-state index contributed by atoms with van der Waals surface area (Å²) in [6.07, 6.45) is 2.64. The van der Waals surface area contributed by atoms with E-state index in [4.69, 9.17) is 9.29 Å². The molecule has 1 aromatic carbocycles. The van der Waals surface area contributed by atoms with Crippen LogP contribution in [-0.2, 0) is 14.9 Å². The number of benzene rings is 1. The highest BCUT2D eigenvalue weighted by Gasteiger charge is 2.08. The van der Waals surface area contributed by atoms with Gasteiger partial charge in [0.15, 0.2) is 0 Å². The van der Waals surface area contributed by atoms with Crippen molar-refractivity contribution in [3.05, 3.63) is 29.8 Å². The Kier molecular flexibility index (Phi) is 7.88. The minimum absolute atomic E-state index is 0.0579. The summed E-state index contributed by atoms with van der Waals surface area (Å²) >= 11 is 0. The van der Waals surface area contributed by atoms with Crippen LogP contribution in [-0.4, -0.2) is 50.7 Å². The van der Waals surface area contributed by atoms with E-state index in [1.54, 1.807) is 19.1 Å². The van der Waals surface area contributed by atoms with Crippen LogP contribution < -0.4 is 0 Å². The van der Waals surface area contributed by atoms with E-state index >= 15 is 0 Å². The van der Waals surface area contributed by atoms with Crippen LogP contribution in [0.3, 0.4) is 0 Å². The van der Waals surface area contributed by atoms with Crippen LogP contribution in [0.25, 0.3) is 0 Å². The van der Waals surface area contributed by atoms with Crippen molar-refractivity contribution in [3.8, 4) is 0 Å². The summed E-state index contributed by atoms with van der Waals surface area (Å²) in [5.74, 6) is 0. The molecule has 1 aromatic rings. The molecule has 0 aliphatic carbocycles. The quantitative estimate of drug-likeness (QED) is 0.864. The molecule has 21 heavy (non-hydrogen) atoms. The third kappa shape index (κ3) is 7.57. The summed E-state index contributed by atoms with van der Waals surface area (Å²) < 4.78 is 34.9. The van der Waals surface area contributed by atoms with Gasteiger partial charge in [-0.2, -0.15) is 8.42 Å². The van der Waals surface area contributed by atoms with E-state index in [-0.39, 0.29) is 4.90 Å². The third-order valence-electron chi connectivity index (χ3n) is 3.22. The van der Waals surface area contributed by atoms with Gasteiger partial charge in [0.2, 0.25) is 0 Å². The van der Waals surface area contributed by atoms with Gasteiger partial charge in [0.05, 0.1) is 18.1 Å². The average Bonchev–Trinajstić information content (AvgIpc) is 2.46. The van der Waals surface area contributed by atoms with Crippen LogP contribution >= 0.6 is 0 Å². The van der Waals surface area contributed by atoms with Crippen LogP contribution in [0.5, 0.6) is 0 Å². The SMILES string of the molecule is CCCCN1CCOCC1.Cc1cccc(S(=O)(=O)O)c1. The van der Waals surface area contributed by atoms with E-state index in [1.807, 2.05) is 0 Å². The predicted molar refractivity (Wildman–Crippen MR) is 83.2 cm³/mol. The Hall–Kier alpha value is -0.950. The molecule has 0 unspecified atom stereocenters. The first kappa shape index (κ1) is 18.1. The number of ether oxygens (including phenoxy) is 1. The largest absolute Gasteiger partial charge is 0.379 e. The number of unbranched alkanes of at least 4 members (excludes halogenated alkanes) is 1. The Morgan fingerprint density at radius 1 is 1.29 bits per heavy atom. The van der Waals surface area contributed by atoms with Crippen molar-refractivity contribution in [2.75, 3.05) is 32.8 Å². The molecule has 120 valence electrons. The van der Waals surface area contributed by atoms with Gasteiger partial charge in [-0.1, -0.05) is 25.5 Å². The fourth-order valence-electron chi connectivity index (χ4n) is 1.98. The molecule has 2 rings (SSSR count). The van der Waals surface area contributed by atoms with Crippen molar-refractivity contribution < 1.29 is 17.7 Å². The lowest BCUT2D eigenvalue weighted by Gasteiger charge is -2.26. The van der Waals surface area contributed by atoms with Gasteiger partial charge in [0.1, 0.15) is 0 Å². The minimum atomic E-state index is -4.03. The lowest BCUT2D eigenvalue weighted by molar-refractivity contribution is 0.0373. The molecule has 0 bridgehead atoms. The Labute approximate surface area is 127 Å². The van der Waals surface area contributed by atoms with Crippen molar-refractivity contribution >= 4 is 10.1 Å². The molecule has 0 aromatic heterocycles. The van der Waals surface area contributed by atoms with Crippen LogP contribution in [0.1, 0.15) is 25.3 Å². The van der Waals surface area contributed by atoms with Gasteiger partial charge in [-0.25, -0.2) is 0 Å². The van der Waals surface area contributed by atoms with E-state index in [1.165, 1.54) is 31.5 Å². The van der Waals surface area contributed by atoms with Crippen LogP contribution in [0.4, 0.5) is 0 Å². The first-order valence-corrected chi connectivity index (χ1v) is 8.71. The van der Waals surface area contributed by atoms with Crippen molar-refractivity contribution in [1.29, 1.82) is 0 Å². The zero-order valence-electron chi connectivity index (χ0n) is 12.8.